The van der Waals surface area contributed by atoms with Gasteiger partial charge in [-0.2, -0.15) is 5.10 Å². The molecule has 0 spiro atoms. The first-order chi connectivity index (χ1) is 11.1. The van der Waals surface area contributed by atoms with Crippen molar-refractivity contribution in [3.05, 3.63) is 59.1 Å². The molecule has 0 saturated heterocycles. The first-order valence-corrected chi connectivity index (χ1v) is 7.00. The molecule has 23 heavy (non-hydrogen) atoms. The molecule has 2 aromatic rings. The fourth-order valence-corrected chi connectivity index (χ4v) is 2.20. The van der Waals surface area contributed by atoms with E-state index in [4.69, 9.17) is 9.47 Å². The molecule has 5 heteroatoms. The zero-order chi connectivity index (χ0) is 16.8. The third-order valence-electron chi connectivity index (χ3n) is 3.22. The van der Waals surface area contributed by atoms with Gasteiger partial charge >= 0.3 is 5.97 Å². The molecule has 2 rings (SSSR count). The lowest BCUT2D eigenvalue weighted by atomic mass is 10.1. The molecule has 1 aromatic carbocycles. The summed E-state index contributed by atoms with van der Waals surface area (Å²) in [5, 5.41) is 4.35. The highest BCUT2D eigenvalue weighted by atomic mass is 16.5. The fraction of sp³-hybridized carbons (Fsp3) is 0.222. The number of hydrogen-bond acceptors (Lipinski definition) is 4. The third kappa shape index (κ3) is 3.61. The first kappa shape index (κ1) is 16.4. The van der Waals surface area contributed by atoms with Crippen LogP contribution in [0.3, 0.4) is 0 Å². The largest absolute Gasteiger partial charge is 0.503 e. The van der Waals surface area contributed by atoms with E-state index in [1.54, 1.807) is 11.7 Å². The van der Waals surface area contributed by atoms with Crippen LogP contribution < -0.4 is 0 Å². The van der Waals surface area contributed by atoms with Crippen molar-refractivity contribution in [2.45, 2.75) is 6.92 Å². The number of carbonyl (C=O) groups excluding carboxylic acids is 1. The van der Waals surface area contributed by atoms with Crippen LogP contribution in [0, 0.1) is 18.8 Å². The summed E-state index contributed by atoms with van der Waals surface area (Å²) in [6.07, 6.45) is 1.34. The number of benzene rings is 1. The summed E-state index contributed by atoms with van der Waals surface area (Å²) in [6, 6.07) is 9.62. The van der Waals surface area contributed by atoms with Gasteiger partial charge in [-0.15, -0.1) is 0 Å². The Morgan fingerprint density at radius 1 is 1.22 bits per heavy atom. The lowest BCUT2D eigenvalue weighted by Gasteiger charge is -2.06. The topological polar surface area (TPSA) is 53.4 Å². The molecule has 0 N–H and O–H groups in total. The van der Waals surface area contributed by atoms with Gasteiger partial charge in [0, 0.05) is 12.6 Å². The molecule has 1 heterocycles. The number of aromatic nitrogens is 2. The molecule has 0 unspecified atom stereocenters. The van der Waals surface area contributed by atoms with Crippen molar-refractivity contribution in [2.75, 3.05) is 14.2 Å². The minimum absolute atomic E-state index is 0.274. The highest BCUT2D eigenvalue weighted by Crippen LogP contribution is 2.22. The molecular formula is C18H18N2O3. The summed E-state index contributed by atoms with van der Waals surface area (Å²) in [6.45, 7) is 1.85. The number of rotatable bonds is 3. The molecule has 0 aliphatic heterocycles. The average molecular weight is 310 g/mol. The van der Waals surface area contributed by atoms with Crippen molar-refractivity contribution in [3.63, 3.8) is 0 Å². The maximum Gasteiger partial charge on any atom is 0.343 e. The second kappa shape index (κ2) is 7.32. The molecule has 0 saturated carbocycles. The summed E-state index contributed by atoms with van der Waals surface area (Å²) in [5.74, 6) is 5.68. The van der Waals surface area contributed by atoms with Crippen molar-refractivity contribution < 1.29 is 14.3 Å². The molecule has 1 aromatic heterocycles. The van der Waals surface area contributed by atoms with E-state index < -0.39 is 5.97 Å². The van der Waals surface area contributed by atoms with Gasteiger partial charge in [-0.25, -0.2) is 4.79 Å². The Hall–Kier alpha value is -3.00. The molecule has 0 atom stereocenters. The number of methoxy groups -OCH3 is 2. The Bertz CT molecular complexity index is 793. The SMILES string of the molecule is COC=C(C(=O)OC)c1c(C#Cc2ccccc2)c(C)nn1C. The predicted octanol–water partition coefficient (Wildman–Crippen LogP) is 2.29. The minimum Gasteiger partial charge on any atom is -0.503 e. The number of aryl methyl sites for hydroxylation is 2. The predicted molar refractivity (Wildman–Crippen MR) is 87.4 cm³/mol. The monoisotopic (exact) mass is 310 g/mol. The van der Waals surface area contributed by atoms with Gasteiger partial charge in [0.15, 0.2) is 0 Å². The van der Waals surface area contributed by atoms with Crippen molar-refractivity contribution in [1.82, 2.24) is 9.78 Å². The molecule has 0 fully saturated rings. The van der Waals surface area contributed by atoms with Crippen molar-refractivity contribution >= 4 is 11.5 Å². The van der Waals surface area contributed by atoms with Gasteiger partial charge in [-0.3, -0.25) is 4.68 Å². The van der Waals surface area contributed by atoms with E-state index >= 15 is 0 Å². The van der Waals surface area contributed by atoms with Crippen LogP contribution in [-0.2, 0) is 21.3 Å². The van der Waals surface area contributed by atoms with E-state index in [0.29, 0.717) is 11.3 Å². The van der Waals surface area contributed by atoms with Crippen LogP contribution in [0.5, 0.6) is 0 Å². The number of carbonyl (C=O) groups is 1. The maximum atomic E-state index is 12.0. The Kier molecular flexibility index (Phi) is 5.21. The van der Waals surface area contributed by atoms with Crippen LogP contribution in [0.15, 0.2) is 36.6 Å². The zero-order valence-corrected chi connectivity index (χ0v) is 13.6. The zero-order valence-electron chi connectivity index (χ0n) is 13.6. The average Bonchev–Trinajstić information content (AvgIpc) is 2.84. The molecular weight excluding hydrogens is 292 g/mol. The number of ether oxygens (including phenoxy) is 2. The minimum atomic E-state index is -0.502. The normalized spacial score (nSPS) is 10.7. The van der Waals surface area contributed by atoms with Crippen molar-refractivity contribution in [2.24, 2.45) is 7.05 Å². The van der Waals surface area contributed by atoms with Gasteiger partial charge in [0.1, 0.15) is 5.57 Å². The van der Waals surface area contributed by atoms with Gasteiger partial charge in [0.2, 0.25) is 0 Å². The second-order valence-electron chi connectivity index (χ2n) is 4.81. The van der Waals surface area contributed by atoms with Crippen LogP contribution in [-0.4, -0.2) is 30.0 Å². The Balaban J connectivity index is 2.56. The van der Waals surface area contributed by atoms with Crippen molar-refractivity contribution in [1.29, 1.82) is 0 Å². The summed E-state index contributed by atoms with van der Waals surface area (Å²) in [4.78, 5) is 12.0. The Morgan fingerprint density at radius 3 is 2.52 bits per heavy atom. The molecule has 118 valence electrons. The lowest BCUT2D eigenvalue weighted by Crippen LogP contribution is -2.09. The summed E-state index contributed by atoms with van der Waals surface area (Å²) in [7, 11) is 4.55. The molecule has 5 nitrogen and oxygen atoms in total. The van der Waals surface area contributed by atoms with Crippen LogP contribution in [0.4, 0.5) is 0 Å². The third-order valence-corrected chi connectivity index (χ3v) is 3.22. The summed E-state index contributed by atoms with van der Waals surface area (Å²) in [5.41, 5.74) is 3.13. The number of esters is 1. The highest BCUT2D eigenvalue weighted by molar-refractivity contribution is 6.16. The number of hydrogen-bond donors (Lipinski definition) is 0. The summed E-state index contributed by atoms with van der Waals surface area (Å²) >= 11 is 0. The lowest BCUT2D eigenvalue weighted by molar-refractivity contribution is -0.133. The Labute approximate surface area is 135 Å². The van der Waals surface area contributed by atoms with E-state index in [9.17, 15) is 4.79 Å². The van der Waals surface area contributed by atoms with Crippen LogP contribution in [0.25, 0.3) is 5.57 Å². The summed E-state index contributed by atoms with van der Waals surface area (Å²) < 4.78 is 11.4. The van der Waals surface area contributed by atoms with Gasteiger partial charge in [0.05, 0.1) is 37.4 Å². The van der Waals surface area contributed by atoms with Crippen LogP contribution in [0.1, 0.15) is 22.5 Å². The van der Waals surface area contributed by atoms with E-state index in [0.717, 1.165) is 11.3 Å². The van der Waals surface area contributed by atoms with E-state index in [1.807, 2.05) is 37.3 Å². The maximum absolute atomic E-state index is 12.0. The molecule has 0 amide bonds. The van der Waals surface area contributed by atoms with Crippen LogP contribution in [0.2, 0.25) is 0 Å². The fourth-order valence-electron chi connectivity index (χ4n) is 2.20. The molecule has 0 aliphatic rings. The molecule has 0 aliphatic carbocycles. The smallest absolute Gasteiger partial charge is 0.343 e. The van der Waals surface area contributed by atoms with E-state index in [2.05, 4.69) is 16.9 Å². The van der Waals surface area contributed by atoms with Gasteiger partial charge in [-0.1, -0.05) is 30.0 Å². The second-order valence-corrected chi connectivity index (χ2v) is 4.81. The molecule has 0 bridgehead atoms. The van der Waals surface area contributed by atoms with Gasteiger partial charge in [-0.05, 0) is 19.1 Å². The highest BCUT2D eigenvalue weighted by Gasteiger charge is 2.22. The van der Waals surface area contributed by atoms with Gasteiger partial charge in [0.25, 0.3) is 0 Å². The van der Waals surface area contributed by atoms with E-state index in [1.165, 1.54) is 20.5 Å². The Morgan fingerprint density at radius 2 is 1.91 bits per heavy atom. The van der Waals surface area contributed by atoms with Crippen molar-refractivity contribution in [3.8, 4) is 11.8 Å². The quantitative estimate of drug-likeness (QED) is 0.378. The van der Waals surface area contributed by atoms with Crippen LogP contribution >= 0.6 is 0 Å². The standard InChI is InChI=1S/C18H18N2O3/c1-13-15(11-10-14-8-6-5-7-9-14)17(20(2)19-13)16(12-22-3)18(21)23-4/h5-9,12H,1-4H3. The first-order valence-electron chi connectivity index (χ1n) is 7.00. The number of nitrogens with zero attached hydrogens (tertiary/aromatic N) is 2. The van der Waals surface area contributed by atoms with Gasteiger partial charge < -0.3 is 9.47 Å². The molecule has 0 radical (unpaired) electrons. The van der Waals surface area contributed by atoms with E-state index in [-0.39, 0.29) is 5.57 Å².